The number of amides is 2. The van der Waals surface area contributed by atoms with Crippen molar-refractivity contribution in [2.45, 2.75) is 6.42 Å². The number of halogens is 1. The lowest BCUT2D eigenvalue weighted by atomic mass is 10.2. The van der Waals surface area contributed by atoms with Crippen LogP contribution < -0.4 is 20.2 Å². The highest BCUT2D eigenvalue weighted by Gasteiger charge is 2.07. The van der Waals surface area contributed by atoms with Crippen LogP contribution in [0.3, 0.4) is 0 Å². The van der Waals surface area contributed by atoms with Crippen LogP contribution in [-0.2, 0) is 4.79 Å². The van der Waals surface area contributed by atoms with Crippen molar-refractivity contribution in [1.29, 1.82) is 0 Å². The largest absolute Gasteiger partial charge is 0.497 e. The predicted octanol–water partition coefficient (Wildman–Crippen LogP) is 2.74. The molecule has 0 aliphatic heterocycles. The van der Waals surface area contributed by atoms with Crippen LogP contribution in [0.15, 0.2) is 52.0 Å². The van der Waals surface area contributed by atoms with E-state index in [1.807, 2.05) is 6.07 Å². The molecular weight excluding hydrogens is 438 g/mol. The van der Waals surface area contributed by atoms with Crippen molar-refractivity contribution in [2.24, 2.45) is 5.10 Å². The number of hydrazone groups is 1. The van der Waals surface area contributed by atoms with Crippen molar-refractivity contribution >= 4 is 34.0 Å². The molecule has 0 fully saturated rings. The highest BCUT2D eigenvalue weighted by molar-refractivity contribution is 9.10. The Morgan fingerprint density at radius 2 is 2.00 bits per heavy atom. The lowest BCUT2D eigenvalue weighted by Crippen LogP contribution is -2.29. The van der Waals surface area contributed by atoms with Gasteiger partial charge in [0.25, 0.3) is 5.91 Å². The van der Waals surface area contributed by atoms with Crippen molar-refractivity contribution in [2.75, 3.05) is 20.3 Å². The first-order valence-corrected chi connectivity index (χ1v) is 9.42. The third-order valence-corrected chi connectivity index (χ3v) is 4.16. The quantitative estimate of drug-likeness (QED) is 0.344. The van der Waals surface area contributed by atoms with Gasteiger partial charge >= 0.3 is 0 Å². The number of rotatable bonds is 9. The fraction of sp³-hybridized carbons (Fsp3) is 0.190. The summed E-state index contributed by atoms with van der Waals surface area (Å²) in [5.41, 5.74) is 3.55. The average molecular weight is 458 g/mol. The molecule has 0 heterocycles. The van der Waals surface area contributed by atoms with Gasteiger partial charge in [-0.3, -0.25) is 9.59 Å². The minimum atomic E-state index is -0.336. The minimum Gasteiger partial charge on any atom is -0.497 e. The molecule has 2 N–H and O–H groups in total. The standard InChI is InChI=1S/C21H20BrN3O4/c1-3-12-29-19-9-6-17(22)13-16(19)14-24-25-20(26)10-11-23-21(27)15-4-7-18(28-2)8-5-15/h1,4-9,13-14H,10-12H2,2H3,(H,23,27)(H,25,26). The molecule has 0 atom stereocenters. The van der Waals surface area contributed by atoms with Gasteiger partial charge in [0.15, 0.2) is 0 Å². The van der Waals surface area contributed by atoms with E-state index in [4.69, 9.17) is 15.9 Å². The number of hydrogen-bond donors (Lipinski definition) is 2. The summed E-state index contributed by atoms with van der Waals surface area (Å²) in [7, 11) is 1.55. The Morgan fingerprint density at radius 3 is 2.69 bits per heavy atom. The molecule has 2 rings (SSSR count). The van der Waals surface area contributed by atoms with E-state index in [2.05, 4.69) is 37.7 Å². The Bertz CT molecular complexity index is 921. The predicted molar refractivity (Wildman–Crippen MR) is 114 cm³/mol. The summed E-state index contributed by atoms with van der Waals surface area (Å²) in [6.45, 7) is 0.308. The van der Waals surface area contributed by atoms with Gasteiger partial charge in [-0.1, -0.05) is 21.9 Å². The van der Waals surface area contributed by atoms with Crippen LogP contribution in [0.4, 0.5) is 0 Å². The van der Waals surface area contributed by atoms with E-state index in [0.717, 1.165) is 4.47 Å². The summed E-state index contributed by atoms with van der Waals surface area (Å²) < 4.78 is 11.3. The fourth-order valence-electron chi connectivity index (χ4n) is 2.23. The second-order valence-corrected chi connectivity index (χ2v) is 6.62. The van der Waals surface area contributed by atoms with Gasteiger partial charge in [0.05, 0.1) is 13.3 Å². The van der Waals surface area contributed by atoms with Crippen LogP contribution >= 0.6 is 15.9 Å². The third kappa shape index (κ3) is 7.31. The summed E-state index contributed by atoms with van der Waals surface area (Å²) in [5.74, 6) is 3.00. The summed E-state index contributed by atoms with van der Waals surface area (Å²) in [4.78, 5) is 23.9. The Kier molecular flexibility index (Phi) is 8.73. The summed E-state index contributed by atoms with van der Waals surface area (Å²) >= 11 is 3.37. The molecule has 0 spiro atoms. The molecule has 2 aromatic rings. The van der Waals surface area contributed by atoms with Gasteiger partial charge in [-0.15, -0.1) is 6.42 Å². The van der Waals surface area contributed by atoms with Crippen molar-refractivity contribution < 1.29 is 19.1 Å². The van der Waals surface area contributed by atoms with E-state index in [1.54, 1.807) is 43.5 Å². The average Bonchev–Trinajstić information content (AvgIpc) is 2.73. The molecule has 150 valence electrons. The maximum Gasteiger partial charge on any atom is 0.251 e. The number of nitrogens with zero attached hydrogens (tertiary/aromatic N) is 1. The zero-order chi connectivity index (χ0) is 21.1. The lowest BCUT2D eigenvalue weighted by molar-refractivity contribution is -0.120. The fourth-order valence-corrected chi connectivity index (χ4v) is 2.61. The molecule has 0 bridgehead atoms. The van der Waals surface area contributed by atoms with Crippen LogP contribution in [-0.4, -0.2) is 38.3 Å². The molecule has 0 aromatic heterocycles. The first kappa shape index (κ1) is 22.0. The number of carbonyl (C=O) groups excluding carboxylic acids is 2. The molecule has 2 amide bonds. The van der Waals surface area contributed by atoms with Crippen LogP contribution in [0.1, 0.15) is 22.3 Å². The molecular formula is C21H20BrN3O4. The van der Waals surface area contributed by atoms with Crippen LogP contribution in [0.2, 0.25) is 0 Å². The number of hydrogen-bond acceptors (Lipinski definition) is 5. The van der Waals surface area contributed by atoms with Gasteiger partial charge in [-0.2, -0.15) is 5.10 Å². The van der Waals surface area contributed by atoms with Crippen molar-refractivity contribution in [1.82, 2.24) is 10.7 Å². The SMILES string of the molecule is C#CCOc1ccc(Br)cc1C=NNC(=O)CCNC(=O)c1ccc(OC)cc1. The minimum absolute atomic E-state index is 0.0815. The van der Waals surface area contributed by atoms with Crippen molar-refractivity contribution in [3.8, 4) is 23.8 Å². The van der Waals surface area contributed by atoms with Crippen LogP contribution in [0, 0.1) is 12.3 Å². The highest BCUT2D eigenvalue weighted by atomic mass is 79.9. The second-order valence-electron chi connectivity index (χ2n) is 5.70. The number of benzene rings is 2. The van der Waals surface area contributed by atoms with Gasteiger partial charge in [-0.05, 0) is 42.5 Å². The number of methoxy groups -OCH3 is 1. The maximum atomic E-state index is 12.0. The molecule has 0 radical (unpaired) electrons. The molecule has 0 aliphatic carbocycles. The smallest absolute Gasteiger partial charge is 0.251 e. The van der Waals surface area contributed by atoms with Crippen molar-refractivity contribution in [3.63, 3.8) is 0 Å². The van der Waals surface area contributed by atoms with Gasteiger partial charge in [0.1, 0.15) is 18.1 Å². The number of nitrogens with one attached hydrogen (secondary N) is 2. The number of ether oxygens (including phenoxy) is 2. The van der Waals surface area contributed by atoms with Gasteiger partial charge in [0, 0.05) is 28.6 Å². The first-order chi connectivity index (χ1) is 14.0. The summed E-state index contributed by atoms with van der Waals surface area (Å²) in [6, 6.07) is 12.0. The normalized spacial score (nSPS) is 10.2. The van der Waals surface area contributed by atoms with E-state index >= 15 is 0 Å². The van der Waals surface area contributed by atoms with Gasteiger partial charge in [0.2, 0.25) is 5.91 Å². The highest BCUT2D eigenvalue weighted by Crippen LogP contribution is 2.21. The molecule has 7 nitrogen and oxygen atoms in total. The Labute approximate surface area is 177 Å². The van der Waals surface area contributed by atoms with E-state index in [1.165, 1.54) is 6.21 Å². The zero-order valence-corrected chi connectivity index (χ0v) is 17.4. The van der Waals surface area contributed by atoms with Crippen molar-refractivity contribution in [3.05, 3.63) is 58.1 Å². The number of carbonyl (C=O) groups is 2. The Balaban J connectivity index is 1.80. The van der Waals surface area contributed by atoms with E-state index < -0.39 is 0 Å². The van der Waals surface area contributed by atoms with E-state index in [-0.39, 0.29) is 31.4 Å². The van der Waals surface area contributed by atoms with E-state index in [0.29, 0.717) is 22.6 Å². The molecule has 8 heteroatoms. The number of terminal acetylenes is 1. The molecule has 0 unspecified atom stereocenters. The van der Waals surface area contributed by atoms with Gasteiger partial charge in [-0.25, -0.2) is 5.43 Å². The Hall–Kier alpha value is -3.31. The van der Waals surface area contributed by atoms with E-state index in [9.17, 15) is 9.59 Å². The summed E-state index contributed by atoms with van der Waals surface area (Å²) in [6.07, 6.45) is 6.75. The second kappa shape index (κ2) is 11.5. The monoisotopic (exact) mass is 457 g/mol. The zero-order valence-electron chi connectivity index (χ0n) is 15.8. The molecule has 0 saturated heterocycles. The lowest BCUT2D eigenvalue weighted by Gasteiger charge is -2.07. The Morgan fingerprint density at radius 1 is 1.24 bits per heavy atom. The molecule has 2 aromatic carbocycles. The topological polar surface area (TPSA) is 89.0 Å². The summed E-state index contributed by atoms with van der Waals surface area (Å²) in [5, 5.41) is 6.60. The molecule has 0 saturated carbocycles. The third-order valence-electron chi connectivity index (χ3n) is 3.67. The maximum absolute atomic E-state index is 12.0. The van der Waals surface area contributed by atoms with Crippen LogP contribution in [0.25, 0.3) is 0 Å². The molecule has 0 aliphatic rings. The molecule has 29 heavy (non-hydrogen) atoms. The first-order valence-electron chi connectivity index (χ1n) is 8.63. The van der Waals surface area contributed by atoms with Gasteiger partial charge < -0.3 is 14.8 Å². The van der Waals surface area contributed by atoms with Crippen LogP contribution in [0.5, 0.6) is 11.5 Å².